The fourth-order valence-electron chi connectivity index (χ4n) is 1.25. The Balaban J connectivity index is 3.09. The van der Waals surface area contributed by atoms with Gasteiger partial charge in [-0.3, -0.25) is 0 Å². The second-order valence-electron chi connectivity index (χ2n) is 3.99. The molecule has 0 saturated carbocycles. The van der Waals surface area contributed by atoms with E-state index < -0.39 is 22.1 Å². The molecule has 0 amide bonds. The highest BCUT2D eigenvalue weighted by molar-refractivity contribution is 7.89. The number of ether oxygens (including phenoxy) is 1. The Morgan fingerprint density at radius 2 is 2.05 bits per heavy atom. The fraction of sp³-hybridized carbons (Fsp3) is 0.333. The molecule has 7 heteroatoms. The van der Waals surface area contributed by atoms with Crippen molar-refractivity contribution in [3.05, 3.63) is 29.8 Å². The van der Waals surface area contributed by atoms with Crippen LogP contribution in [-0.4, -0.2) is 38.9 Å². The van der Waals surface area contributed by atoms with Crippen LogP contribution in [-0.2, 0) is 14.8 Å². The van der Waals surface area contributed by atoms with Gasteiger partial charge in [0.2, 0.25) is 10.0 Å². The first-order valence-electron chi connectivity index (χ1n) is 5.42. The van der Waals surface area contributed by atoms with E-state index in [2.05, 4.69) is 0 Å². The summed E-state index contributed by atoms with van der Waals surface area (Å²) in [7, 11) is -0.805. The molecule has 0 unspecified atom stereocenters. The van der Waals surface area contributed by atoms with Crippen LogP contribution in [0.5, 0.6) is 0 Å². The van der Waals surface area contributed by atoms with Crippen molar-refractivity contribution in [3.63, 3.8) is 0 Å². The van der Waals surface area contributed by atoms with Gasteiger partial charge in [0.15, 0.2) is 6.10 Å². The summed E-state index contributed by atoms with van der Waals surface area (Å²) in [5.41, 5.74) is 0.0880. The van der Waals surface area contributed by atoms with Crippen molar-refractivity contribution >= 4 is 16.0 Å². The number of esters is 1. The van der Waals surface area contributed by atoms with Crippen LogP contribution in [0, 0.1) is 11.3 Å². The van der Waals surface area contributed by atoms with Crippen LogP contribution in [0.1, 0.15) is 17.3 Å². The van der Waals surface area contributed by atoms with Gasteiger partial charge in [-0.05, 0) is 25.1 Å². The van der Waals surface area contributed by atoms with Gasteiger partial charge >= 0.3 is 5.97 Å². The number of carbonyl (C=O) groups excluding carboxylic acids is 1. The smallest absolute Gasteiger partial charge is 0.339 e. The quantitative estimate of drug-likeness (QED) is 0.769. The zero-order valence-corrected chi connectivity index (χ0v) is 11.6. The number of nitriles is 1. The van der Waals surface area contributed by atoms with E-state index in [1.165, 1.54) is 45.3 Å². The predicted molar refractivity (Wildman–Crippen MR) is 67.8 cm³/mol. The molecule has 102 valence electrons. The minimum atomic E-state index is -3.61. The zero-order valence-electron chi connectivity index (χ0n) is 10.8. The highest BCUT2D eigenvalue weighted by Gasteiger charge is 2.19. The Kier molecular flexibility index (Phi) is 4.64. The molecular formula is C12H14N2O4S. The van der Waals surface area contributed by atoms with Crippen molar-refractivity contribution < 1.29 is 17.9 Å². The Morgan fingerprint density at radius 3 is 2.58 bits per heavy atom. The minimum Gasteiger partial charge on any atom is -0.444 e. The van der Waals surface area contributed by atoms with Crippen LogP contribution in [0.4, 0.5) is 0 Å². The summed E-state index contributed by atoms with van der Waals surface area (Å²) < 4.78 is 29.7. The van der Waals surface area contributed by atoms with E-state index in [9.17, 15) is 13.2 Å². The van der Waals surface area contributed by atoms with Crippen molar-refractivity contribution in [2.75, 3.05) is 14.1 Å². The Labute approximate surface area is 112 Å². The van der Waals surface area contributed by atoms with Crippen molar-refractivity contribution in [3.8, 4) is 6.07 Å². The molecule has 1 aromatic carbocycles. The first-order valence-corrected chi connectivity index (χ1v) is 6.86. The summed E-state index contributed by atoms with van der Waals surface area (Å²) in [5, 5.41) is 8.56. The van der Waals surface area contributed by atoms with Crippen molar-refractivity contribution in [2.24, 2.45) is 0 Å². The lowest BCUT2D eigenvalue weighted by molar-refractivity contribution is 0.0435. The number of hydrogen-bond acceptors (Lipinski definition) is 5. The Morgan fingerprint density at radius 1 is 1.42 bits per heavy atom. The highest BCUT2D eigenvalue weighted by Crippen LogP contribution is 2.15. The molecule has 6 nitrogen and oxygen atoms in total. The minimum absolute atomic E-state index is 0.00318. The molecule has 0 N–H and O–H groups in total. The molecule has 1 aromatic rings. The van der Waals surface area contributed by atoms with E-state index in [1.54, 1.807) is 6.07 Å². The number of nitrogens with zero attached hydrogens (tertiary/aromatic N) is 2. The third-order valence-corrected chi connectivity index (χ3v) is 4.13. The molecule has 0 aliphatic rings. The van der Waals surface area contributed by atoms with E-state index in [4.69, 9.17) is 10.00 Å². The summed E-state index contributed by atoms with van der Waals surface area (Å²) in [6.45, 7) is 1.43. The lowest BCUT2D eigenvalue weighted by atomic mass is 10.2. The maximum absolute atomic E-state index is 11.9. The molecule has 1 atom stereocenters. The van der Waals surface area contributed by atoms with E-state index in [0.717, 1.165) is 4.31 Å². The molecular weight excluding hydrogens is 268 g/mol. The topological polar surface area (TPSA) is 87.5 Å². The summed E-state index contributed by atoms with van der Waals surface area (Å²) in [6.07, 6.45) is -0.887. The lowest BCUT2D eigenvalue weighted by Gasteiger charge is -2.12. The Hall–Kier alpha value is -1.91. The summed E-state index contributed by atoms with van der Waals surface area (Å²) in [6, 6.07) is 7.25. The second kappa shape index (κ2) is 5.82. The van der Waals surface area contributed by atoms with Crippen LogP contribution in [0.3, 0.4) is 0 Å². The molecule has 1 rings (SSSR count). The molecule has 19 heavy (non-hydrogen) atoms. The first-order chi connectivity index (χ1) is 8.78. The SMILES string of the molecule is C[C@H](C#N)OC(=O)c1cccc(S(=O)(=O)N(C)C)c1. The lowest BCUT2D eigenvalue weighted by Crippen LogP contribution is -2.22. The first kappa shape index (κ1) is 15.1. The van der Waals surface area contributed by atoms with E-state index in [1.807, 2.05) is 0 Å². The van der Waals surface area contributed by atoms with Crippen LogP contribution >= 0.6 is 0 Å². The van der Waals surface area contributed by atoms with Gasteiger partial charge < -0.3 is 4.74 Å². The van der Waals surface area contributed by atoms with Gasteiger partial charge in [-0.2, -0.15) is 5.26 Å². The zero-order chi connectivity index (χ0) is 14.6. The van der Waals surface area contributed by atoms with Gasteiger partial charge in [0.25, 0.3) is 0 Å². The fourth-order valence-corrected chi connectivity index (χ4v) is 2.20. The molecule has 0 spiro atoms. The van der Waals surface area contributed by atoms with Gasteiger partial charge in [0.05, 0.1) is 10.5 Å². The van der Waals surface area contributed by atoms with Gasteiger partial charge in [-0.1, -0.05) is 6.07 Å². The standard InChI is InChI=1S/C12H14N2O4S/c1-9(8-13)18-12(15)10-5-4-6-11(7-10)19(16,17)14(2)3/h4-7,9H,1-3H3/t9-/m1/s1. The van der Waals surface area contributed by atoms with Crippen LogP contribution < -0.4 is 0 Å². The summed E-state index contributed by atoms with van der Waals surface area (Å²) >= 11 is 0. The van der Waals surface area contributed by atoms with Crippen LogP contribution in [0.15, 0.2) is 29.2 Å². The average Bonchev–Trinajstić information content (AvgIpc) is 2.38. The van der Waals surface area contributed by atoms with Crippen molar-refractivity contribution in [2.45, 2.75) is 17.9 Å². The van der Waals surface area contributed by atoms with Gasteiger partial charge in [0.1, 0.15) is 6.07 Å². The highest BCUT2D eigenvalue weighted by atomic mass is 32.2. The number of benzene rings is 1. The van der Waals surface area contributed by atoms with Crippen molar-refractivity contribution in [1.29, 1.82) is 5.26 Å². The molecule has 0 saturated heterocycles. The molecule has 0 heterocycles. The average molecular weight is 282 g/mol. The normalized spacial score (nSPS) is 12.8. The predicted octanol–water partition coefficient (Wildman–Crippen LogP) is 1.01. The van der Waals surface area contributed by atoms with Gasteiger partial charge in [-0.15, -0.1) is 0 Å². The molecule has 0 radical (unpaired) electrons. The monoisotopic (exact) mass is 282 g/mol. The third-order valence-electron chi connectivity index (χ3n) is 2.31. The Bertz CT molecular complexity index is 617. The van der Waals surface area contributed by atoms with E-state index in [-0.39, 0.29) is 10.5 Å². The second-order valence-corrected chi connectivity index (χ2v) is 6.14. The van der Waals surface area contributed by atoms with E-state index in [0.29, 0.717) is 0 Å². The molecule has 0 aliphatic carbocycles. The van der Waals surface area contributed by atoms with Crippen molar-refractivity contribution in [1.82, 2.24) is 4.31 Å². The molecule has 0 aliphatic heterocycles. The van der Waals surface area contributed by atoms with Crippen LogP contribution in [0.2, 0.25) is 0 Å². The maximum Gasteiger partial charge on any atom is 0.339 e. The van der Waals surface area contributed by atoms with E-state index >= 15 is 0 Å². The summed E-state index contributed by atoms with van der Waals surface area (Å²) in [5.74, 6) is -0.732. The third kappa shape index (κ3) is 3.53. The maximum atomic E-state index is 11.9. The number of sulfonamides is 1. The van der Waals surface area contributed by atoms with Gasteiger partial charge in [0, 0.05) is 14.1 Å². The molecule has 0 bridgehead atoms. The van der Waals surface area contributed by atoms with Crippen LogP contribution in [0.25, 0.3) is 0 Å². The largest absolute Gasteiger partial charge is 0.444 e. The number of carbonyl (C=O) groups is 1. The number of rotatable bonds is 4. The summed E-state index contributed by atoms with van der Waals surface area (Å²) in [4.78, 5) is 11.7. The number of hydrogen-bond donors (Lipinski definition) is 0. The molecule has 0 aromatic heterocycles. The molecule has 0 fully saturated rings. The van der Waals surface area contributed by atoms with Gasteiger partial charge in [-0.25, -0.2) is 17.5 Å².